The average molecular weight is 239 g/mol. The van der Waals surface area contributed by atoms with Crippen LogP contribution in [-0.2, 0) is 9.47 Å². The van der Waals surface area contributed by atoms with Gasteiger partial charge in [0, 0.05) is 6.42 Å². The summed E-state index contributed by atoms with van der Waals surface area (Å²) in [5.41, 5.74) is -0.235. The molecule has 2 saturated heterocycles. The minimum atomic E-state index is -4.25. The van der Waals surface area contributed by atoms with Gasteiger partial charge >= 0.3 is 6.18 Å². The Morgan fingerprint density at radius 2 is 2.00 bits per heavy atom. The first-order valence-electron chi connectivity index (χ1n) is 5.52. The third kappa shape index (κ3) is 3.09. The zero-order chi connectivity index (χ0) is 11.6. The highest BCUT2D eigenvalue weighted by Gasteiger charge is 2.42. The van der Waals surface area contributed by atoms with Crippen LogP contribution >= 0.6 is 0 Å². The van der Waals surface area contributed by atoms with Crippen molar-refractivity contribution in [1.82, 2.24) is 5.32 Å². The number of hydrogen-bond donors (Lipinski definition) is 1. The number of nitrogens with one attached hydrogen (secondary N) is 1. The monoisotopic (exact) mass is 239 g/mol. The second-order valence-corrected chi connectivity index (χ2v) is 4.50. The van der Waals surface area contributed by atoms with Crippen LogP contribution in [0.5, 0.6) is 0 Å². The predicted molar refractivity (Wildman–Crippen MR) is 51.2 cm³/mol. The Kier molecular flexibility index (Phi) is 3.42. The van der Waals surface area contributed by atoms with Crippen molar-refractivity contribution in [2.45, 2.75) is 37.1 Å². The molecular weight excluding hydrogens is 223 g/mol. The van der Waals surface area contributed by atoms with Crippen LogP contribution < -0.4 is 5.32 Å². The van der Waals surface area contributed by atoms with Crippen molar-refractivity contribution in [2.24, 2.45) is 0 Å². The Balaban J connectivity index is 1.79. The summed E-state index contributed by atoms with van der Waals surface area (Å²) in [6.45, 7) is 0.851. The van der Waals surface area contributed by atoms with Crippen molar-refractivity contribution in [2.75, 3.05) is 26.3 Å². The van der Waals surface area contributed by atoms with E-state index in [-0.39, 0.29) is 12.2 Å². The first-order valence-corrected chi connectivity index (χ1v) is 5.52. The van der Waals surface area contributed by atoms with E-state index in [2.05, 4.69) is 5.32 Å². The molecule has 2 aliphatic rings. The van der Waals surface area contributed by atoms with Gasteiger partial charge in [0.1, 0.15) is 6.61 Å². The lowest BCUT2D eigenvalue weighted by Crippen LogP contribution is -2.41. The van der Waals surface area contributed by atoms with Crippen molar-refractivity contribution in [3.05, 3.63) is 0 Å². The molecular formula is C10H16F3NO2. The van der Waals surface area contributed by atoms with Gasteiger partial charge in [-0.15, -0.1) is 0 Å². The molecule has 0 aromatic carbocycles. The largest absolute Gasteiger partial charge is 0.411 e. The van der Waals surface area contributed by atoms with Crippen LogP contribution in [0.3, 0.4) is 0 Å². The first kappa shape index (κ1) is 12.1. The van der Waals surface area contributed by atoms with Crippen LogP contribution in [0, 0.1) is 0 Å². The molecule has 1 unspecified atom stereocenters. The summed E-state index contributed by atoms with van der Waals surface area (Å²) >= 11 is 0. The molecule has 0 amide bonds. The summed E-state index contributed by atoms with van der Waals surface area (Å²) in [7, 11) is 0. The fourth-order valence-corrected chi connectivity index (χ4v) is 2.35. The minimum Gasteiger partial charge on any atom is -0.372 e. The highest BCUT2D eigenvalue weighted by molar-refractivity contribution is 4.93. The maximum atomic E-state index is 12.0. The van der Waals surface area contributed by atoms with Crippen molar-refractivity contribution < 1.29 is 22.6 Å². The number of rotatable bonds is 2. The summed E-state index contributed by atoms with van der Waals surface area (Å²) < 4.78 is 46.4. The topological polar surface area (TPSA) is 30.5 Å². The molecule has 0 radical (unpaired) electrons. The van der Waals surface area contributed by atoms with Crippen LogP contribution in [0.1, 0.15) is 19.3 Å². The summed E-state index contributed by atoms with van der Waals surface area (Å²) in [5, 5.41) is 3.21. The van der Waals surface area contributed by atoms with Gasteiger partial charge in [0.25, 0.3) is 0 Å². The van der Waals surface area contributed by atoms with E-state index in [1.165, 1.54) is 0 Å². The molecule has 0 aromatic rings. The summed E-state index contributed by atoms with van der Waals surface area (Å²) in [6, 6.07) is 0. The zero-order valence-corrected chi connectivity index (χ0v) is 8.98. The lowest BCUT2D eigenvalue weighted by Gasteiger charge is -2.32. The lowest BCUT2D eigenvalue weighted by atomic mass is 9.89. The van der Waals surface area contributed by atoms with E-state index in [0.29, 0.717) is 6.42 Å². The molecule has 0 aliphatic carbocycles. The molecule has 0 saturated carbocycles. The highest BCUT2D eigenvalue weighted by atomic mass is 19.4. The molecule has 2 heterocycles. The molecule has 1 N–H and O–H groups in total. The normalized spacial score (nSPS) is 29.8. The Morgan fingerprint density at radius 1 is 1.31 bits per heavy atom. The van der Waals surface area contributed by atoms with Gasteiger partial charge in [-0.05, 0) is 25.9 Å². The predicted octanol–water partition coefficient (Wildman–Crippen LogP) is 1.48. The zero-order valence-electron chi connectivity index (χ0n) is 8.98. The quantitative estimate of drug-likeness (QED) is 0.791. The average Bonchev–Trinajstić information content (AvgIpc) is 2.59. The summed E-state index contributed by atoms with van der Waals surface area (Å²) in [5.74, 6) is 0. The number of alkyl halides is 3. The van der Waals surface area contributed by atoms with Gasteiger partial charge in [0.05, 0.1) is 18.3 Å². The first-order chi connectivity index (χ1) is 7.49. The van der Waals surface area contributed by atoms with E-state index in [1.807, 2.05) is 0 Å². The van der Waals surface area contributed by atoms with E-state index in [4.69, 9.17) is 9.47 Å². The van der Waals surface area contributed by atoms with Crippen LogP contribution in [0.4, 0.5) is 13.2 Å². The molecule has 2 rings (SSSR count). The van der Waals surface area contributed by atoms with Gasteiger partial charge in [-0.25, -0.2) is 0 Å². The summed E-state index contributed by atoms with van der Waals surface area (Å²) in [6.07, 6.45) is -2.34. The standard InChI is InChI=1S/C10H16F3NO2/c11-10(12,13)7-15-8-5-9(16-6-8)1-3-14-4-2-9/h8,14H,1-7H2. The number of piperidine rings is 1. The Labute approximate surface area is 92.3 Å². The smallest absolute Gasteiger partial charge is 0.372 e. The van der Waals surface area contributed by atoms with Crippen molar-refractivity contribution in [3.8, 4) is 0 Å². The minimum absolute atomic E-state index is 0.235. The number of ether oxygens (including phenoxy) is 2. The van der Waals surface area contributed by atoms with Gasteiger partial charge in [-0.1, -0.05) is 0 Å². The molecule has 94 valence electrons. The van der Waals surface area contributed by atoms with Crippen LogP contribution in [0.15, 0.2) is 0 Å². The SMILES string of the molecule is FC(F)(F)COC1COC2(CCNCC2)C1. The highest BCUT2D eigenvalue weighted by Crippen LogP contribution is 2.35. The molecule has 2 fully saturated rings. The lowest BCUT2D eigenvalue weighted by molar-refractivity contribution is -0.184. The Bertz CT molecular complexity index is 239. The van der Waals surface area contributed by atoms with Gasteiger partial charge in [0.15, 0.2) is 0 Å². The second-order valence-electron chi connectivity index (χ2n) is 4.50. The molecule has 6 heteroatoms. The molecule has 2 aliphatic heterocycles. The van der Waals surface area contributed by atoms with E-state index in [9.17, 15) is 13.2 Å². The van der Waals surface area contributed by atoms with Crippen molar-refractivity contribution in [1.29, 1.82) is 0 Å². The Morgan fingerprint density at radius 3 is 2.62 bits per heavy atom. The van der Waals surface area contributed by atoms with E-state index < -0.39 is 18.9 Å². The van der Waals surface area contributed by atoms with Crippen LogP contribution in [0.25, 0.3) is 0 Å². The molecule has 16 heavy (non-hydrogen) atoms. The van der Waals surface area contributed by atoms with Gasteiger partial charge in [-0.3, -0.25) is 0 Å². The van der Waals surface area contributed by atoms with Crippen molar-refractivity contribution >= 4 is 0 Å². The summed E-state index contributed by atoms with van der Waals surface area (Å²) in [4.78, 5) is 0. The third-order valence-corrected chi connectivity index (χ3v) is 3.17. The Hall–Kier alpha value is -0.330. The van der Waals surface area contributed by atoms with Gasteiger partial charge in [-0.2, -0.15) is 13.2 Å². The second kappa shape index (κ2) is 4.50. The fourth-order valence-electron chi connectivity index (χ4n) is 2.35. The molecule has 3 nitrogen and oxygen atoms in total. The molecule has 1 atom stereocenters. The van der Waals surface area contributed by atoms with Gasteiger partial charge in [0.2, 0.25) is 0 Å². The van der Waals surface area contributed by atoms with E-state index in [1.54, 1.807) is 0 Å². The molecule has 0 aromatic heterocycles. The maximum absolute atomic E-state index is 12.0. The molecule has 0 bridgehead atoms. The molecule has 1 spiro atoms. The third-order valence-electron chi connectivity index (χ3n) is 3.17. The fraction of sp³-hybridized carbons (Fsp3) is 1.00. The van der Waals surface area contributed by atoms with Crippen molar-refractivity contribution in [3.63, 3.8) is 0 Å². The van der Waals surface area contributed by atoms with Gasteiger partial charge < -0.3 is 14.8 Å². The van der Waals surface area contributed by atoms with E-state index >= 15 is 0 Å². The van der Waals surface area contributed by atoms with Crippen LogP contribution in [0.2, 0.25) is 0 Å². The number of halogens is 3. The van der Waals surface area contributed by atoms with Crippen LogP contribution in [-0.4, -0.2) is 44.2 Å². The maximum Gasteiger partial charge on any atom is 0.411 e. The number of hydrogen-bond acceptors (Lipinski definition) is 3. The van der Waals surface area contributed by atoms with E-state index in [0.717, 1.165) is 25.9 Å².